The number of rotatable bonds is 6. The predicted octanol–water partition coefficient (Wildman–Crippen LogP) is 3.38. The molecule has 0 radical (unpaired) electrons. The SMILES string of the molecule is CCn1c(SC(C)C(=O)NC2(C#N)CCCCC2)nnc1-c1ccco1. The summed E-state index contributed by atoms with van der Waals surface area (Å²) in [5, 5.41) is 21.2. The fraction of sp³-hybridized carbons (Fsp3) is 0.556. The van der Waals surface area contributed by atoms with Gasteiger partial charge in [-0.3, -0.25) is 9.36 Å². The van der Waals surface area contributed by atoms with Crippen LogP contribution in [0.1, 0.15) is 46.0 Å². The number of nitrogens with zero attached hydrogens (tertiary/aromatic N) is 4. The Morgan fingerprint density at radius 2 is 2.23 bits per heavy atom. The maximum Gasteiger partial charge on any atom is 0.234 e. The van der Waals surface area contributed by atoms with Crippen molar-refractivity contribution in [2.24, 2.45) is 0 Å². The molecule has 7 nitrogen and oxygen atoms in total. The van der Waals surface area contributed by atoms with E-state index in [-0.39, 0.29) is 11.2 Å². The molecule has 1 amide bonds. The first-order valence-corrected chi connectivity index (χ1v) is 9.83. The van der Waals surface area contributed by atoms with Crippen LogP contribution < -0.4 is 5.32 Å². The third-order valence-corrected chi connectivity index (χ3v) is 5.79. The lowest BCUT2D eigenvalue weighted by molar-refractivity contribution is -0.121. The summed E-state index contributed by atoms with van der Waals surface area (Å²) < 4.78 is 7.33. The minimum absolute atomic E-state index is 0.136. The highest BCUT2D eigenvalue weighted by Gasteiger charge is 2.35. The lowest BCUT2D eigenvalue weighted by Gasteiger charge is -2.32. The van der Waals surface area contributed by atoms with Gasteiger partial charge in [0.15, 0.2) is 16.7 Å². The number of carbonyl (C=O) groups excluding carboxylic acids is 1. The minimum atomic E-state index is -0.720. The summed E-state index contributed by atoms with van der Waals surface area (Å²) in [4.78, 5) is 12.7. The summed E-state index contributed by atoms with van der Waals surface area (Å²) in [6.45, 7) is 4.49. The van der Waals surface area contributed by atoms with Crippen molar-refractivity contribution in [1.29, 1.82) is 5.26 Å². The van der Waals surface area contributed by atoms with Crippen LogP contribution in [0.4, 0.5) is 0 Å². The van der Waals surface area contributed by atoms with Crippen LogP contribution in [0.2, 0.25) is 0 Å². The van der Waals surface area contributed by atoms with Crippen molar-refractivity contribution in [3.8, 4) is 17.7 Å². The molecule has 1 N–H and O–H groups in total. The number of amides is 1. The Bertz CT molecular complexity index is 787. The van der Waals surface area contributed by atoms with Crippen molar-refractivity contribution in [2.75, 3.05) is 0 Å². The van der Waals surface area contributed by atoms with Gasteiger partial charge in [0, 0.05) is 6.54 Å². The molecule has 26 heavy (non-hydrogen) atoms. The Labute approximate surface area is 157 Å². The molecule has 2 aromatic rings. The molecular formula is C18H23N5O2S. The smallest absolute Gasteiger partial charge is 0.234 e. The maximum absolute atomic E-state index is 12.7. The number of nitriles is 1. The molecule has 1 aliphatic carbocycles. The molecule has 1 fully saturated rings. The molecule has 138 valence electrons. The molecular weight excluding hydrogens is 350 g/mol. The van der Waals surface area contributed by atoms with Crippen LogP contribution >= 0.6 is 11.8 Å². The van der Waals surface area contributed by atoms with Crippen molar-refractivity contribution in [3.05, 3.63) is 18.4 Å². The molecule has 3 rings (SSSR count). The molecule has 0 saturated heterocycles. The second kappa shape index (κ2) is 7.96. The number of hydrogen-bond acceptors (Lipinski definition) is 6. The van der Waals surface area contributed by atoms with Gasteiger partial charge in [0.25, 0.3) is 0 Å². The minimum Gasteiger partial charge on any atom is -0.461 e. The molecule has 2 aromatic heterocycles. The van der Waals surface area contributed by atoms with Gasteiger partial charge < -0.3 is 9.73 Å². The van der Waals surface area contributed by atoms with Crippen molar-refractivity contribution >= 4 is 17.7 Å². The van der Waals surface area contributed by atoms with Crippen molar-refractivity contribution in [1.82, 2.24) is 20.1 Å². The van der Waals surface area contributed by atoms with E-state index in [1.165, 1.54) is 11.8 Å². The quantitative estimate of drug-likeness (QED) is 0.780. The lowest BCUT2D eigenvalue weighted by atomic mass is 9.83. The van der Waals surface area contributed by atoms with E-state index in [0.29, 0.717) is 23.3 Å². The zero-order chi connectivity index (χ0) is 18.6. The van der Waals surface area contributed by atoms with Gasteiger partial charge in [0.05, 0.1) is 17.6 Å². The normalized spacial score (nSPS) is 17.4. The second-order valence-electron chi connectivity index (χ2n) is 6.53. The maximum atomic E-state index is 12.7. The van der Waals surface area contributed by atoms with E-state index in [9.17, 15) is 10.1 Å². The van der Waals surface area contributed by atoms with Crippen molar-refractivity contribution in [2.45, 2.75) is 68.4 Å². The Morgan fingerprint density at radius 3 is 2.85 bits per heavy atom. The van der Waals surface area contributed by atoms with E-state index >= 15 is 0 Å². The van der Waals surface area contributed by atoms with Gasteiger partial charge >= 0.3 is 0 Å². The Hall–Kier alpha value is -2.27. The molecule has 1 saturated carbocycles. The van der Waals surface area contributed by atoms with E-state index in [2.05, 4.69) is 21.6 Å². The van der Waals surface area contributed by atoms with Crippen LogP contribution in [0, 0.1) is 11.3 Å². The van der Waals surface area contributed by atoms with E-state index < -0.39 is 5.54 Å². The third kappa shape index (κ3) is 3.78. The van der Waals surface area contributed by atoms with Crippen LogP contribution in [0.25, 0.3) is 11.6 Å². The molecule has 0 aromatic carbocycles. The number of thioether (sulfide) groups is 1. The molecule has 2 heterocycles. The van der Waals surface area contributed by atoms with E-state index in [1.54, 1.807) is 12.3 Å². The van der Waals surface area contributed by atoms with E-state index in [0.717, 1.165) is 32.1 Å². The number of hydrogen-bond donors (Lipinski definition) is 1. The highest BCUT2D eigenvalue weighted by atomic mass is 32.2. The van der Waals surface area contributed by atoms with E-state index in [4.69, 9.17) is 4.42 Å². The first kappa shape index (κ1) is 18.5. The fourth-order valence-electron chi connectivity index (χ4n) is 3.22. The van der Waals surface area contributed by atoms with Crippen molar-refractivity contribution in [3.63, 3.8) is 0 Å². The standard InChI is InChI=1S/C18H23N5O2S/c1-3-23-15(14-8-7-11-25-14)21-22-17(23)26-13(2)16(24)20-18(12-19)9-5-4-6-10-18/h7-8,11,13H,3-6,9-10H2,1-2H3,(H,20,24). The zero-order valence-corrected chi connectivity index (χ0v) is 15.9. The van der Waals surface area contributed by atoms with E-state index in [1.807, 2.05) is 24.5 Å². The summed E-state index contributed by atoms with van der Waals surface area (Å²) in [5.41, 5.74) is -0.720. The van der Waals surface area contributed by atoms with Gasteiger partial charge in [0.2, 0.25) is 5.91 Å². The van der Waals surface area contributed by atoms with Crippen LogP contribution in [-0.4, -0.2) is 31.5 Å². The summed E-state index contributed by atoms with van der Waals surface area (Å²) in [6, 6.07) is 5.96. The molecule has 0 aliphatic heterocycles. The molecule has 0 spiro atoms. The fourth-order valence-corrected chi connectivity index (χ4v) is 4.13. The topological polar surface area (TPSA) is 96.7 Å². The molecule has 1 atom stereocenters. The summed E-state index contributed by atoms with van der Waals surface area (Å²) >= 11 is 1.34. The van der Waals surface area contributed by atoms with Gasteiger partial charge in [-0.25, -0.2) is 0 Å². The Balaban J connectivity index is 1.71. The monoisotopic (exact) mass is 373 g/mol. The summed E-state index contributed by atoms with van der Waals surface area (Å²) in [7, 11) is 0. The predicted molar refractivity (Wildman–Crippen MR) is 98.3 cm³/mol. The largest absolute Gasteiger partial charge is 0.461 e. The third-order valence-electron chi connectivity index (χ3n) is 4.71. The number of aromatic nitrogens is 3. The van der Waals surface area contributed by atoms with Gasteiger partial charge in [-0.1, -0.05) is 31.0 Å². The van der Waals surface area contributed by atoms with Crippen LogP contribution in [0.5, 0.6) is 0 Å². The van der Waals surface area contributed by atoms with Gasteiger partial charge in [-0.2, -0.15) is 5.26 Å². The Morgan fingerprint density at radius 1 is 1.46 bits per heavy atom. The second-order valence-corrected chi connectivity index (χ2v) is 7.84. The van der Waals surface area contributed by atoms with Crippen LogP contribution in [-0.2, 0) is 11.3 Å². The molecule has 1 aliphatic rings. The molecule has 0 bridgehead atoms. The first-order valence-electron chi connectivity index (χ1n) is 8.95. The Kier molecular flexibility index (Phi) is 5.67. The lowest BCUT2D eigenvalue weighted by Crippen LogP contribution is -2.51. The van der Waals surface area contributed by atoms with Crippen LogP contribution in [0.3, 0.4) is 0 Å². The summed E-state index contributed by atoms with van der Waals surface area (Å²) in [5.74, 6) is 1.16. The number of nitrogens with one attached hydrogen (secondary N) is 1. The average Bonchev–Trinajstić information content (AvgIpc) is 3.31. The van der Waals surface area contributed by atoms with Gasteiger partial charge in [-0.05, 0) is 38.8 Å². The van der Waals surface area contributed by atoms with Crippen molar-refractivity contribution < 1.29 is 9.21 Å². The number of furan rings is 1. The molecule has 1 unspecified atom stereocenters. The number of carbonyl (C=O) groups is 1. The highest BCUT2D eigenvalue weighted by Crippen LogP contribution is 2.30. The summed E-state index contributed by atoms with van der Waals surface area (Å²) in [6.07, 6.45) is 6.12. The first-order chi connectivity index (χ1) is 12.6. The zero-order valence-electron chi connectivity index (χ0n) is 15.1. The highest BCUT2D eigenvalue weighted by molar-refractivity contribution is 8.00. The van der Waals surface area contributed by atoms with Crippen LogP contribution in [0.15, 0.2) is 28.0 Å². The molecule has 8 heteroatoms. The van der Waals surface area contributed by atoms with Gasteiger partial charge in [-0.15, -0.1) is 10.2 Å². The van der Waals surface area contributed by atoms with Gasteiger partial charge in [0.1, 0.15) is 5.54 Å². The average molecular weight is 373 g/mol.